The van der Waals surface area contributed by atoms with Gasteiger partial charge in [-0.2, -0.15) is 0 Å². The van der Waals surface area contributed by atoms with Crippen LogP contribution < -0.4 is 4.74 Å². The molecule has 1 fully saturated rings. The normalized spacial score (nSPS) is 16.8. The number of benzene rings is 1. The standard InChI is InChI=1S/C17H24N4O/c1-20-13-18-19-17(20)15-7-10-21(11-8-15)9-6-14-4-3-5-16(12-14)22-2/h3-5,12-13,15H,6-11H2,1-2H3. The summed E-state index contributed by atoms with van der Waals surface area (Å²) in [6, 6.07) is 8.37. The summed E-state index contributed by atoms with van der Waals surface area (Å²) >= 11 is 0. The highest BCUT2D eigenvalue weighted by atomic mass is 16.5. The van der Waals surface area contributed by atoms with E-state index >= 15 is 0 Å². The quantitative estimate of drug-likeness (QED) is 0.849. The maximum absolute atomic E-state index is 5.28. The fourth-order valence-electron chi connectivity index (χ4n) is 3.19. The van der Waals surface area contributed by atoms with E-state index in [4.69, 9.17) is 4.74 Å². The summed E-state index contributed by atoms with van der Waals surface area (Å²) in [6.07, 6.45) is 5.21. The van der Waals surface area contributed by atoms with E-state index in [0.29, 0.717) is 5.92 Å². The van der Waals surface area contributed by atoms with Gasteiger partial charge in [-0.15, -0.1) is 10.2 Å². The van der Waals surface area contributed by atoms with Crippen LogP contribution in [0, 0.1) is 0 Å². The van der Waals surface area contributed by atoms with Crippen molar-refractivity contribution in [2.45, 2.75) is 25.2 Å². The van der Waals surface area contributed by atoms with E-state index in [1.807, 2.05) is 13.1 Å². The molecule has 22 heavy (non-hydrogen) atoms. The molecule has 1 aromatic carbocycles. The van der Waals surface area contributed by atoms with Crippen LogP contribution in [0.2, 0.25) is 0 Å². The van der Waals surface area contributed by atoms with Crippen LogP contribution in [0.3, 0.4) is 0 Å². The number of hydrogen-bond acceptors (Lipinski definition) is 4. The Morgan fingerprint density at radius 1 is 1.27 bits per heavy atom. The van der Waals surface area contributed by atoms with Crippen LogP contribution in [-0.2, 0) is 13.5 Å². The number of aromatic nitrogens is 3. The van der Waals surface area contributed by atoms with Crippen molar-refractivity contribution in [3.8, 4) is 5.75 Å². The predicted molar refractivity (Wildman–Crippen MR) is 86.1 cm³/mol. The molecule has 0 N–H and O–H groups in total. The summed E-state index contributed by atoms with van der Waals surface area (Å²) in [5.74, 6) is 2.63. The van der Waals surface area contributed by atoms with Crippen molar-refractivity contribution in [3.63, 3.8) is 0 Å². The molecule has 2 aromatic rings. The summed E-state index contributed by atoms with van der Waals surface area (Å²) < 4.78 is 7.34. The van der Waals surface area contributed by atoms with Crippen molar-refractivity contribution < 1.29 is 4.74 Å². The van der Waals surface area contributed by atoms with Crippen molar-refractivity contribution in [2.24, 2.45) is 7.05 Å². The van der Waals surface area contributed by atoms with Crippen molar-refractivity contribution in [2.75, 3.05) is 26.7 Å². The molecule has 0 bridgehead atoms. The first-order chi connectivity index (χ1) is 10.8. The summed E-state index contributed by atoms with van der Waals surface area (Å²) in [4.78, 5) is 2.55. The zero-order chi connectivity index (χ0) is 15.4. The van der Waals surface area contributed by atoms with Crippen molar-refractivity contribution in [1.29, 1.82) is 0 Å². The molecule has 5 heteroatoms. The van der Waals surface area contributed by atoms with Crippen LogP contribution in [0.4, 0.5) is 0 Å². The van der Waals surface area contributed by atoms with Gasteiger partial charge >= 0.3 is 0 Å². The van der Waals surface area contributed by atoms with Gasteiger partial charge in [0.2, 0.25) is 0 Å². The van der Waals surface area contributed by atoms with Crippen molar-refractivity contribution in [3.05, 3.63) is 42.0 Å². The Hall–Kier alpha value is -1.88. The summed E-state index contributed by atoms with van der Waals surface area (Å²) in [5.41, 5.74) is 1.34. The van der Waals surface area contributed by atoms with Gasteiger partial charge in [0.15, 0.2) is 0 Å². The van der Waals surface area contributed by atoms with Crippen LogP contribution in [0.1, 0.15) is 30.1 Å². The smallest absolute Gasteiger partial charge is 0.135 e. The lowest BCUT2D eigenvalue weighted by Gasteiger charge is -2.31. The molecule has 1 aromatic heterocycles. The Balaban J connectivity index is 1.49. The average Bonchev–Trinajstić information content (AvgIpc) is 3.00. The molecule has 0 atom stereocenters. The van der Waals surface area contributed by atoms with E-state index in [0.717, 1.165) is 37.6 Å². The van der Waals surface area contributed by atoms with E-state index in [-0.39, 0.29) is 0 Å². The van der Waals surface area contributed by atoms with E-state index in [2.05, 4.69) is 37.9 Å². The second kappa shape index (κ2) is 6.92. The van der Waals surface area contributed by atoms with Crippen LogP contribution in [0.5, 0.6) is 5.75 Å². The van der Waals surface area contributed by atoms with Crippen LogP contribution in [0.15, 0.2) is 30.6 Å². The molecule has 1 aliphatic heterocycles. The predicted octanol–water partition coefficient (Wildman–Crippen LogP) is 2.25. The van der Waals surface area contributed by atoms with E-state index in [1.54, 1.807) is 13.4 Å². The molecule has 0 saturated carbocycles. The summed E-state index contributed by atoms with van der Waals surface area (Å²) in [5, 5.41) is 8.25. The largest absolute Gasteiger partial charge is 0.497 e. The van der Waals surface area contributed by atoms with Gasteiger partial charge < -0.3 is 14.2 Å². The number of aryl methyl sites for hydroxylation is 1. The van der Waals surface area contributed by atoms with E-state index < -0.39 is 0 Å². The van der Waals surface area contributed by atoms with Gasteiger partial charge in [0.25, 0.3) is 0 Å². The fourth-order valence-corrected chi connectivity index (χ4v) is 3.19. The second-order valence-electron chi connectivity index (χ2n) is 6.02. The lowest BCUT2D eigenvalue weighted by molar-refractivity contribution is 0.210. The molecule has 0 unspecified atom stereocenters. The van der Waals surface area contributed by atoms with Gasteiger partial charge in [0.05, 0.1) is 7.11 Å². The Labute approximate surface area is 131 Å². The van der Waals surface area contributed by atoms with E-state index in [1.165, 1.54) is 18.4 Å². The fraction of sp³-hybridized carbons (Fsp3) is 0.529. The number of nitrogens with zero attached hydrogens (tertiary/aromatic N) is 4. The minimum absolute atomic E-state index is 0.556. The topological polar surface area (TPSA) is 43.2 Å². The Morgan fingerprint density at radius 3 is 2.77 bits per heavy atom. The van der Waals surface area contributed by atoms with E-state index in [9.17, 15) is 0 Å². The SMILES string of the molecule is COc1cccc(CCN2CCC(c3nncn3C)CC2)c1. The summed E-state index contributed by atoms with van der Waals surface area (Å²) in [6.45, 7) is 3.39. The third kappa shape index (κ3) is 3.47. The third-order valence-electron chi connectivity index (χ3n) is 4.55. The number of hydrogen-bond donors (Lipinski definition) is 0. The van der Waals surface area contributed by atoms with Gasteiger partial charge in [0.1, 0.15) is 17.9 Å². The molecule has 3 rings (SSSR count). The zero-order valence-electron chi connectivity index (χ0n) is 13.4. The van der Waals surface area contributed by atoms with Gasteiger partial charge in [0, 0.05) is 19.5 Å². The molecule has 0 spiro atoms. The monoisotopic (exact) mass is 300 g/mol. The third-order valence-corrected chi connectivity index (χ3v) is 4.55. The first kappa shape index (κ1) is 15.0. The van der Waals surface area contributed by atoms with Crippen molar-refractivity contribution >= 4 is 0 Å². The van der Waals surface area contributed by atoms with Gasteiger partial charge in [-0.25, -0.2) is 0 Å². The molecule has 0 amide bonds. The number of ether oxygens (including phenoxy) is 1. The number of likely N-dealkylation sites (tertiary alicyclic amines) is 1. The molecule has 1 saturated heterocycles. The Morgan fingerprint density at radius 2 is 2.09 bits per heavy atom. The highest BCUT2D eigenvalue weighted by molar-refractivity contribution is 5.28. The minimum Gasteiger partial charge on any atom is -0.497 e. The number of methoxy groups -OCH3 is 1. The van der Waals surface area contributed by atoms with Crippen LogP contribution >= 0.6 is 0 Å². The first-order valence-electron chi connectivity index (χ1n) is 7.95. The first-order valence-corrected chi connectivity index (χ1v) is 7.95. The van der Waals surface area contributed by atoms with Gasteiger partial charge in [-0.05, 0) is 50.0 Å². The summed E-state index contributed by atoms with van der Waals surface area (Å²) in [7, 11) is 3.75. The van der Waals surface area contributed by atoms with Gasteiger partial charge in [-0.3, -0.25) is 0 Å². The maximum atomic E-state index is 5.28. The van der Waals surface area contributed by atoms with Gasteiger partial charge in [-0.1, -0.05) is 12.1 Å². The molecule has 1 aliphatic rings. The zero-order valence-corrected chi connectivity index (χ0v) is 13.4. The van der Waals surface area contributed by atoms with Crippen LogP contribution in [-0.4, -0.2) is 46.4 Å². The maximum Gasteiger partial charge on any atom is 0.135 e. The Kier molecular flexibility index (Phi) is 4.73. The van der Waals surface area contributed by atoms with Crippen LogP contribution in [0.25, 0.3) is 0 Å². The average molecular weight is 300 g/mol. The number of rotatable bonds is 5. The van der Waals surface area contributed by atoms with Crippen molar-refractivity contribution in [1.82, 2.24) is 19.7 Å². The Bertz CT molecular complexity index is 602. The number of piperidine rings is 1. The molecule has 2 heterocycles. The molecule has 0 radical (unpaired) electrons. The molecule has 5 nitrogen and oxygen atoms in total. The highest BCUT2D eigenvalue weighted by Gasteiger charge is 2.23. The molecule has 0 aliphatic carbocycles. The second-order valence-corrected chi connectivity index (χ2v) is 6.02. The highest BCUT2D eigenvalue weighted by Crippen LogP contribution is 2.26. The molecule has 118 valence electrons. The molecular formula is C17H24N4O. The lowest BCUT2D eigenvalue weighted by Crippen LogP contribution is -2.35. The lowest BCUT2D eigenvalue weighted by atomic mass is 9.95. The minimum atomic E-state index is 0.556. The molecular weight excluding hydrogens is 276 g/mol.